The fraction of sp³-hybridized carbons (Fsp3) is 0.273. The molecular formula is C11H12F2O. The number of rotatable bonds is 5. The van der Waals surface area contributed by atoms with Crippen LogP contribution in [0.2, 0.25) is 0 Å². The Labute approximate surface area is 82.0 Å². The Kier molecular flexibility index (Phi) is 4.11. The lowest BCUT2D eigenvalue weighted by molar-refractivity contribution is 0.246. The van der Waals surface area contributed by atoms with E-state index in [0.29, 0.717) is 18.6 Å². The average molecular weight is 198 g/mol. The molecule has 0 bridgehead atoms. The highest BCUT2D eigenvalue weighted by molar-refractivity contribution is 5.17. The van der Waals surface area contributed by atoms with Gasteiger partial charge in [-0.25, -0.2) is 8.78 Å². The Balaban J connectivity index is 2.46. The van der Waals surface area contributed by atoms with E-state index in [0.717, 1.165) is 12.5 Å². The summed E-state index contributed by atoms with van der Waals surface area (Å²) in [7, 11) is 0. The highest BCUT2D eigenvalue weighted by atomic mass is 19.1. The van der Waals surface area contributed by atoms with Crippen molar-refractivity contribution in [3.8, 4) is 0 Å². The van der Waals surface area contributed by atoms with Crippen molar-refractivity contribution in [1.82, 2.24) is 0 Å². The monoisotopic (exact) mass is 198 g/mol. The van der Waals surface area contributed by atoms with Crippen molar-refractivity contribution in [3.05, 3.63) is 48.2 Å². The summed E-state index contributed by atoms with van der Waals surface area (Å²) < 4.78 is 30.3. The van der Waals surface area contributed by atoms with E-state index in [-0.39, 0.29) is 0 Å². The minimum Gasteiger partial charge on any atom is -0.502 e. The summed E-state index contributed by atoms with van der Waals surface area (Å²) in [5, 5.41) is 0. The van der Waals surface area contributed by atoms with Gasteiger partial charge in [-0.2, -0.15) is 0 Å². The summed E-state index contributed by atoms with van der Waals surface area (Å²) in [6.45, 7) is 3.91. The van der Waals surface area contributed by atoms with Gasteiger partial charge in [-0.15, -0.1) is 0 Å². The van der Waals surface area contributed by atoms with Crippen molar-refractivity contribution in [2.24, 2.45) is 0 Å². The van der Waals surface area contributed by atoms with E-state index in [1.165, 1.54) is 18.4 Å². The lowest BCUT2D eigenvalue weighted by Gasteiger charge is -2.02. The first-order valence-electron chi connectivity index (χ1n) is 4.40. The van der Waals surface area contributed by atoms with Gasteiger partial charge in [0.2, 0.25) is 0 Å². The van der Waals surface area contributed by atoms with E-state index in [9.17, 15) is 8.78 Å². The van der Waals surface area contributed by atoms with Crippen LogP contribution < -0.4 is 0 Å². The van der Waals surface area contributed by atoms with Crippen LogP contribution in [0.4, 0.5) is 8.78 Å². The van der Waals surface area contributed by atoms with Crippen LogP contribution in [0.25, 0.3) is 0 Å². The first-order chi connectivity index (χ1) is 6.72. The molecule has 0 spiro atoms. The molecule has 0 amide bonds. The number of hydrogen-bond acceptors (Lipinski definition) is 1. The molecule has 1 nitrogen and oxygen atoms in total. The minimum atomic E-state index is -0.537. The maximum atomic E-state index is 12.7. The van der Waals surface area contributed by atoms with Crippen LogP contribution in [0.3, 0.4) is 0 Å². The molecule has 0 fully saturated rings. The second-order valence-corrected chi connectivity index (χ2v) is 2.92. The molecule has 0 aliphatic carbocycles. The molecule has 0 aliphatic rings. The zero-order valence-corrected chi connectivity index (χ0v) is 7.80. The van der Waals surface area contributed by atoms with Crippen LogP contribution in [-0.2, 0) is 11.2 Å². The molecular weight excluding hydrogens is 186 g/mol. The maximum absolute atomic E-state index is 12.7. The highest BCUT2D eigenvalue weighted by Gasteiger charge is 2.00. The zero-order chi connectivity index (χ0) is 10.4. The van der Waals surface area contributed by atoms with E-state index in [1.807, 2.05) is 0 Å². The van der Waals surface area contributed by atoms with Crippen LogP contribution in [-0.4, -0.2) is 6.61 Å². The molecule has 76 valence electrons. The van der Waals surface area contributed by atoms with Crippen LogP contribution in [0.1, 0.15) is 12.0 Å². The molecule has 14 heavy (non-hydrogen) atoms. The van der Waals surface area contributed by atoms with Crippen molar-refractivity contribution in [3.63, 3.8) is 0 Å². The average Bonchev–Trinajstić information content (AvgIpc) is 2.11. The fourth-order valence-electron chi connectivity index (χ4n) is 1.20. The summed E-state index contributed by atoms with van der Waals surface area (Å²) in [4.78, 5) is 0. The van der Waals surface area contributed by atoms with Gasteiger partial charge in [0.25, 0.3) is 0 Å². The van der Waals surface area contributed by atoms with E-state index in [2.05, 4.69) is 6.58 Å². The van der Waals surface area contributed by atoms with Crippen LogP contribution >= 0.6 is 0 Å². The van der Waals surface area contributed by atoms with Gasteiger partial charge in [0.1, 0.15) is 11.6 Å². The van der Waals surface area contributed by atoms with Gasteiger partial charge >= 0.3 is 0 Å². The Morgan fingerprint density at radius 2 is 1.86 bits per heavy atom. The van der Waals surface area contributed by atoms with E-state index in [4.69, 9.17) is 4.74 Å². The van der Waals surface area contributed by atoms with Gasteiger partial charge < -0.3 is 4.74 Å². The van der Waals surface area contributed by atoms with Gasteiger partial charge in [-0.1, -0.05) is 6.58 Å². The lowest BCUT2D eigenvalue weighted by atomic mass is 10.1. The smallest absolute Gasteiger partial charge is 0.126 e. The molecule has 0 unspecified atom stereocenters. The first-order valence-corrected chi connectivity index (χ1v) is 4.40. The maximum Gasteiger partial charge on any atom is 0.126 e. The number of benzene rings is 1. The Morgan fingerprint density at radius 3 is 2.43 bits per heavy atom. The Hall–Kier alpha value is -1.38. The molecule has 1 aromatic carbocycles. The van der Waals surface area contributed by atoms with Gasteiger partial charge in [0.05, 0.1) is 12.9 Å². The molecule has 0 saturated carbocycles. The standard InChI is InChI=1S/C11H12F2O/c1-2-14-5-3-4-9-6-10(12)8-11(13)7-9/h2,6-8H,1,3-5H2. The SMILES string of the molecule is C=COCCCc1cc(F)cc(F)c1. The summed E-state index contributed by atoms with van der Waals surface area (Å²) in [6.07, 6.45) is 2.67. The molecule has 0 aromatic heterocycles. The third-order valence-corrected chi connectivity index (χ3v) is 1.77. The van der Waals surface area contributed by atoms with Crippen molar-refractivity contribution >= 4 is 0 Å². The molecule has 0 atom stereocenters. The molecule has 1 rings (SSSR count). The molecule has 0 N–H and O–H groups in total. The highest BCUT2D eigenvalue weighted by Crippen LogP contribution is 2.09. The van der Waals surface area contributed by atoms with Gasteiger partial charge in [-0.05, 0) is 30.5 Å². The number of ether oxygens (including phenoxy) is 1. The minimum absolute atomic E-state index is 0.516. The largest absolute Gasteiger partial charge is 0.502 e. The number of aryl methyl sites for hydroxylation is 1. The fourth-order valence-corrected chi connectivity index (χ4v) is 1.20. The zero-order valence-electron chi connectivity index (χ0n) is 7.80. The molecule has 1 aromatic rings. The summed E-state index contributed by atoms with van der Waals surface area (Å²) in [5.74, 6) is -1.07. The van der Waals surface area contributed by atoms with E-state index < -0.39 is 11.6 Å². The topological polar surface area (TPSA) is 9.23 Å². The van der Waals surface area contributed by atoms with Crippen LogP contribution in [0.5, 0.6) is 0 Å². The van der Waals surface area contributed by atoms with Crippen molar-refractivity contribution in [2.75, 3.05) is 6.61 Å². The second-order valence-electron chi connectivity index (χ2n) is 2.92. The van der Waals surface area contributed by atoms with Gasteiger partial charge in [-0.3, -0.25) is 0 Å². The molecule has 0 heterocycles. The Morgan fingerprint density at radius 1 is 1.21 bits per heavy atom. The molecule has 0 radical (unpaired) electrons. The number of halogens is 2. The predicted octanol–water partition coefficient (Wildman–Crippen LogP) is 3.06. The van der Waals surface area contributed by atoms with E-state index >= 15 is 0 Å². The quantitative estimate of drug-likeness (QED) is 0.522. The van der Waals surface area contributed by atoms with Crippen LogP contribution in [0, 0.1) is 11.6 Å². The first kappa shape index (κ1) is 10.7. The second kappa shape index (κ2) is 5.37. The number of hydrogen-bond donors (Lipinski definition) is 0. The van der Waals surface area contributed by atoms with Crippen molar-refractivity contribution in [2.45, 2.75) is 12.8 Å². The van der Waals surface area contributed by atoms with Gasteiger partial charge in [0.15, 0.2) is 0 Å². The predicted molar refractivity (Wildman–Crippen MR) is 50.8 cm³/mol. The normalized spacial score (nSPS) is 9.86. The van der Waals surface area contributed by atoms with Crippen LogP contribution in [0.15, 0.2) is 31.0 Å². The van der Waals surface area contributed by atoms with Gasteiger partial charge in [0, 0.05) is 6.07 Å². The lowest BCUT2D eigenvalue weighted by Crippen LogP contribution is -1.93. The molecule has 0 aliphatic heterocycles. The summed E-state index contributed by atoms with van der Waals surface area (Å²) in [5.41, 5.74) is 0.648. The summed E-state index contributed by atoms with van der Waals surface area (Å²) in [6, 6.07) is 3.53. The third-order valence-electron chi connectivity index (χ3n) is 1.77. The molecule has 0 saturated heterocycles. The Bertz CT molecular complexity index is 290. The molecule has 3 heteroatoms. The van der Waals surface area contributed by atoms with Crippen molar-refractivity contribution in [1.29, 1.82) is 0 Å². The van der Waals surface area contributed by atoms with Crippen molar-refractivity contribution < 1.29 is 13.5 Å². The third kappa shape index (κ3) is 3.56. The van der Waals surface area contributed by atoms with E-state index in [1.54, 1.807) is 0 Å². The summed E-state index contributed by atoms with van der Waals surface area (Å²) >= 11 is 0.